The Hall–Kier alpha value is -2.30. The lowest BCUT2D eigenvalue weighted by molar-refractivity contribution is -0.113. The Morgan fingerprint density at radius 1 is 1.39 bits per heavy atom. The summed E-state index contributed by atoms with van der Waals surface area (Å²) in [4.78, 5) is 14.6. The molecule has 0 aliphatic carbocycles. The van der Waals surface area contributed by atoms with Gasteiger partial charge in [0, 0.05) is 6.08 Å². The van der Waals surface area contributed by atoms with Crippen LogP contribution in [0, 0.1) is 0 Å². The molecular formula is C13H17N3O2. The van der Waals surface area contributed by atoms with Gasteiger partial charge in [-0.25, -0.2) is 0 Å². The summed E-state index contributed by atoms with van der Waals surface area (Å²) in [5.74, 6) is 0.00756. The molecule has 0 saturated carbocycles. The van der Waals surface area contributed by atoms with Crippen molar-refractivity contribution in [1.82, 2.24) is 0 Å². The summed E-state index contributed by atoms with van der Waals surface area (Å²) in [6.45, 7) is 3.90. The quantitative estimate of drug-likeness (QED) is 0.476. The van der Waals surface area contributed by atoms with Gasteiger partial charge in [0.1, 0.15) is 5.75 Å². The van der Waals surface area contributed by atoms with Crippen LogP contribution in [0.2, 0.25) is 0 Å². The highest BCUT2D eigenvalue weighted by Crippen LogP contribution is 2.15. The van der Waals surface area contributed by atoms with E-state index in [1.165, 1.54) is 6.08 Å². The highest BCUT2D eigenvalue weighted by molar-refractivity contribution is 5.99. The molecule has 1 aromatic rings. The molecule has 0 radical (unpaired) electrons. The first-order valence-electron chi connectivity index (χ1n) is 5.56. The molecule has 96 valence electrons. The van der Waals surface area contributed by atoms with Crippen LogP contribution in [0.3, 0.4) is 0 Å². The predicted octanol–water partition coefficient (Wildman–Crippen LogP) is 1.29. The van der Waals surface area contributed by atoms with E-state index in [1.807, 2.05) is 38.1 Å². The van der Waals surface area contributed by atoms with E-state index in [4.69, 9.17) is 16.2 Å². The zero-order valence-corrected chi connectivity index (χ0v) is 10.5. The lowest BCUT2D eigenvalue weighted by atomic mass is 10.2. The number of nitrogens with two attached hydrogens (primary N) is 2. The van der Waals surface area contributed by atoms with Gasteiger partial charge in [0.05, 0.1) is 6.10 Å². The lowest BCUT2D eigenvalue weighted by Gasteiger charge is -2.09. The first-order chi connectivity index (χ1) is 8.47. The number of carbonyl (C=O) groups is 1. The summed E-state index contributed by atoms with van der Waals surface area (Å²) in [6.07, 6.45) is 3.03. The summed E-state index contributed by atoms with van der Waals surface area (Å²) >= 11 is 0. The van der Waals surface area contributed by atoms with Crippen LogP contribution in [0.25, 0.3) is 6.08 Å². The first-order valence-corrected chi connectivity index (χ1v) is 5.56. The normalized spacial score (nSPS) is 10.6. The SMILES string of the molecule is CC(C)Oc1cccc(/C=C/C(=O)N=C(N)N)c1. The highest BCUT2D eigenvalue weighted by atomic mass is 16.5. The molecule has 1 rings (SSSR count). The number of hydrogen-bond acceptors (Lipinski definition) is 2. The fourth-order valence-electron chi connectivity index (χ4n) is 1.30. The molecule has 0 aromatic heterocycles. The molecular weight excluding hydrogens is 230 g/mol. The van der Waals surface area contributed by atoms with Crippen molar-refractivity contribution in [3.8, 4) is 5.75 Å². The molecule has 0 saturated heterocycles. The fraction of sp³-hybridized carbons (Fsp3) is 0.231. The molecule has 0 bridgehead atoms. The van der Waals surface area contributed by atoms with E-state index in [2.05, 4.69) is 4.99 Å². The van der Waals surface area contributed by atoms with E-state index in [0.717, 1.165) is 11.3 Å². The molecule has 0 aliphatic heterocycles. The Bertz CT molecular complexity index is 475. The van der Waals surface area contributed by atoms with Crippen LogP contribution in [0.1, 0.15) is 19.4 Å². The first kappa shape index (κ1) is 13.8. The Morgan fingerprint density at radius 3 is 2.72 bits per heavy atom. The average molecular weight is 247 g/mol. The lowest BCUT2D eigenvalue weighted by Crippen LogP contribution is -2.23. The van der Waals surface area contributed by atoms with Gasteiger partial charge in [-0.15, -0.1) is 0 Å². The fourth-order valence-corrected chi connectivity index (χ4v) is 1.30. The number of benzene rings is 1. The van der Waals surface area contributed by atoms with Crippen molar-refractivity contribution in [3.63, 3.8) is 0 Å². The summed E-state index contributed by atoms with van der Waals surface area (Å²) in [6, 6.07) is 7.39. The zero-order valence-electron chi connectivity index (χ0n) is 10.5. The largest absolute Gasteiger partial charge is 0.491 e. The number of aliphatic imine (C=N–C) groups is 1. The van der Waals surface area contributed by atoms with E-state index in [1.54, 1.807) is 6.08 Å². The van der Waals surface area contributed by atoms with Gasteiger partial charge in [-0.3, -0.25) is 4.79 Å². The van der Waals surface area contributed by atoms with Gasteiger partial charge < -0.3 is 16.2 Å². The third kappa shape index (κ3) is 5.16. The maximum atomic E-state index is 11.2. The van der Waals surface area contributed by atoms with Gasteiger partial charge in [0.2, 0.25) is 0 Å². The minimum absolute atomic E-state index is 0.104. The van der Waals surface area contributed by atoms with Crippen molar-refractivity contribution in [2.75, 3.05) is 0 Å². The van der Waals surface area contributed by atoms with Crippen molar-refractivity contribution in [1.29, 1.82) is 0 Å². The molecule has 4 N–H and O–H groups in total. The van der Waals surface area contributed by atoms with E-state index in [9.17, 15) is 4.79 Å². The topological polar surface area (TPSA) is 90.7 Å². The standard InChI is InChI=1S/C13H17N3O2/c1-9(2)18-11-5-3-4-10(8-11)6-7-12(17)16-13(14)15/h3-9H,1-2H3,(H4,14,15,16,17)/b7-6+. The van der Waals surface area contributed by atoms with Crippen LogP contribution < -0.4 is 16.2 Å². The molecule has 0 fully saturated rings. The number of guanidine groups is 1. The minimum Gasteiger partial charge on any atom is -0.491 e. The second kappa shape index (κ2) is 6.44. The maximum absolute atomic E-state index is 11.2. The number of rotatable bonds is 4. The third-order valence-electron chi connectivity index (χ3n) is 1.89. The van der Waals surface area contributed by atoms with E-state index in [-0.39, 0.29) is 12.1 Å². The molecule has 0 unspecified atom stereocenters. The van der Waals surface area contributed by atoms with Crippen molar-refractivity contribution >= 4 is 17.9 Å². The van der Waals surface area contributed by atoms with Gasteiger partial charge in [0.25, 0.3) is 5.91 Å². The van der Waals surface area contributed by atoms with E-state index >= 15 is 0 Å². The predicted molar refractivity (Wildman–Crippen MR) is 72.1 cm³/mol. The summed E-state index contributed by atoms with van der Waals surface area (Å²) < 4.78 is 5.54. The molecule has 0 aliphatic rings. The molecule has 5 nitrogen and oxygen atoms in total. The van der Waals surface area contributed by atoms with Gasteiger partial charge >= 0.3 is 0 Å². The van der Waals surface area contributed by atoms with Crippen LogP contribution in [-0.2, 0) is 4.79 Å². The monoisotopic (exact) mass is 247 g/mol. The number of nitrogens with zero attached hydrogens (tertiary/aromatic N) is 1. The molecule has 0 heterocycles. The Morgan fingerprint density at radius 2 is 2.11 bits per heavy atom. The zero-order chi connectivity index (χ0) is 13.5. The summed E-state index contributed by atoms with van der Waals surface area (Å²) in [5, 5.41) is 0. The summed E-state index contributed by atoms with van der Waals surface area (Å²) in [7, 11) is 0. The van der Waals surface area contributed by atoms with Gasteiger partial charge in [0.15, 0.2) is 5.96 Å². The average Bonchev–Trinajstić information content (AvgIpc) is 2.25. The summed E-state index contributed by atoms with van der Waals surface area (Å²) in [5.41, 5.74) is 11.0. The van der Waals surface area contributed by atoms with Crippen LogP contribution in [0.4, 0.5) is 0 Å². The van der Waals surface area contributed by atoms with Crippen molar-refractivity contribution in [2.45, 2.75) is 20.0 Å². The Balaban J connectivity index is 2.76. The van der Waals surface area contributed by atoms with Crippen molar-refractivity contribution in [3.05, 3.63) is 35.9 Å². The molecule has 0 atom stereocenters. The van der Waals surface area contributed by atoms with Gasteiger partial charge in [-0.2, -0.15) is 4.99 Å². The van der Waals surface area contributed by atoms with Gasteiger partial charge in [-0.05, 0) is 37.6 Å². The van der Waals surface area contributed by atoms with Crippen molar-refractivity contribution < 1.29 is 9.53 Å². The molecule has 18 heavy (non-hydrogen) atoms. The minimum atomic E-state index is -0.495. The second-order valence-electron chi connectivity index (χ2n) is 3.95. The van der Waals surface area contributed by atoms with E-state index in [0.29, 0.717) is 0 Å². The van der Waals surface area contributed by atoms with Crippen LogP contribution in [-0.4, -0.2) is 18.0 Å². The van der Waals surface area contributed by atoms with E-state index < -0.39 is 5.91 Å². The Labute approximate surface area is 106 Å². The molecule has 1 aromatic carbocycles. The maximum Gasteiger partial charge on any atom is 0.272 e. The smallest absolute Gasteiger partial charge is 0.272 e. The second-order valence-corrected chi connectivity index (χ2v) is 3.95. The number of hydrogen-bond donors (Lipinski definition) is 2. The highest BCUT2D eigenvalue weighted by Gasteiger charge is 1.98. The molecule has 1 amide bonds. The molecule has 0 spiro atoms. The number of amides is 1. The Kier molecular flexibility index (Phi) is 4.92. The number of carbonyl (C=O) groups excluding carboxylic acids is 1. The van der Waals surface area contributed by atoms with Crippen LogP contribution in [0.5, 0.6) is 5.75 Å². The van der Waals surface area contributed by atoms with Crippen molar-refractivity contribution in [2.24, 2.45) is 16.5 Å². The van der Waals surface area contributed by atoms with Crippen LogP contribution >= 0.6 is 0 Å². The molecule has 5 heteroatoms. The van der Waals surface area contributed by atoms with Crippen LogP contribution in [0.15, 0.2) is 35.3 Å². The number of ether oxygens (including phenoxy) is 1. The third-order valence-corrected chi connectivity index (χ3v) is 1.89. The van der Waals surface area contributed by atoms with Gasteiger partial charge in [-0.1, -0.05) is 12.1 Å².